The molecular weight excluding hydrogens is 628 g/mol. The quantitative estimate of drug-likeness (QED) is 0.0425. The summed E-state index contributed by atoms with van der Waals surface area (Å²) < 4.78 is 5.38. The van der Waals surface area contributed by atoms with Crippen LogP contribution in [-0.2, 0) is 30.3 Å². The highest BCUT2D eigenvalue weighted by Crippen LogP contribution is 2.12. The lowest BCUT2D eigenvalue weighted by Gasteiger charge is -2.25. The summed E-state index contributed by atoms with van der Waals surface area (Å²) in [7, 11) is 0. The topological polar surface area (TPSA) is 247 Å². The summed E-state index contributed by atoms with van der Waals surface area (Å²) in [5.41, 5.74) is 22.7. The molecule has 0 bridgehead atoms. The highest BCUT2D eigenvalue weighted by molar-refractivity contribution is 6.30. The Bertz CT molecular complexity index is 1340. The van der Waals surface area contributed by atoms with Gasteiger partial charge in [-0.1, -0.05) is 54.8 Å². The molecule has 15 heteroatoms. The minimum atomic E-state index is -1.33. The van der Waals surface area contributed by atoms with Crippen molar-refractivity contribution >= 4 is 47.2 Å². The van der Waals surface area contributed by atoms with Crippen molar-refractivity contribution in [2.75, 3.05) is 19.7 Å². The van der Waals surface area contributed by atoms with Gasteiger partial charge in [-0.25, -0.2) is 4.79 Å². The fraction of sp³-hybridized carbons (Fsp3) is 0.438. The van der Waals surface area contributed by atoms with Gasteiger partial charge in [0, 0.05) is 24.4 Å². The highest BCUT2D eigenvalue weighted by atomic mass is 35.5. The molecule has 2 aromatic carbocycles. The predicted octanol–water partition coefficient (Wildman–Crippen LogP) is 0.642. The third-order valence-corrected chi connectivity index (χ3v) is 7.24. The van der Waals surface area contributed by atoms with E-state index in [-0.39, 0.29) is 37.3 Å². The first kappa shape index (κ1) is 38.5. The second-order valence-corrected chi connectivity index (χ2v) is 11.3. The molecule has 0 aromatic heterocycles. The van der Waals surface area contributed by atoms with Gasteiger partial charge in [-0.3, -0.25) is 24.2 Å². The fourth-order valence-electron chi connectivity index (χ4n) is 4.45. The lowest BCUT2D eigenvalue weighted by molar-refractivity contribution is -0.134. The van der Waals surface area contributed by atoms with Crippen molar-refractivity contribution in [3.8, 4) is 0 Å². The first-order valence-corrected chi connectivity index (χ1v) is 15.8. The average Bonchev–Trinajstić information content (AvgIpc) is 3.04. The second kappa shape index (κ2) is 21.2. The SMILES string of the molecule is NCCCCCCC(=O)N[C@@H](COC(=O)c1ccccc1)C(=O)N[C@H](Cc1ccc(Cl)cc1)C(=O)N[C@@H](CCCN=C(N)N)C(N)=O. The number of ether oxygens (including phenoxy) is 1. The van der Waals surface area contributed by atoms with E-state index in [0.29, 0.717) is 30.0 Å². The molecule has 0 saturated heterocycles. The molecule has 0 aliphatic heterocycles. The number of halogens is 1. The number of nitrogens with zero attached hydrogens (tertiary/aromatic N) is 1. The van der Waals surface area contributed by atoms with Gasteiger partial charge in [-0.15, -0.1) is 0 Å². The van der Waals surface area contributed by atoms with Crippen LogP contribution in [-0.4, -0.2) is 73.4 Å². The van der Waals surface area contributed by atoms with Crippen molar-refractivity contribution in [3.05, 3.63) is 70.7 Å². The molecule has 0 heterocycles. The fourth-order valence-corrected chi connectivity index (χ4v) is 4.57. The minimum Gasteiger partial charge on any atom is -0.459 e. The van der Waals surface area contributed by atoms with Crippen LogP contribution in [0, 0.1) is 0 Å². The van der Waals surface area contributed by atoms with Crippen LogP contribution in [0.5, 0.6) is 0 Å². The number of carbonyl (C=O) groups excluding carboxylic acids is 5. The van der Waals surface area contributed by atoms with Crippen LogP contribution in [0.25, 0.3) is 0 Å². The molecular formula is C32H45ClN8O6. The number of benzene rings is 2. The van der Waals surface area contributed by atoms with E-state index < -0.39 is 54.3 Å². The van der Waals surface area contributed by atoms with E-state index in [0.717, 1.165) is 19.3 Å². The summed E-state index contributed by atoms with van der Waals surface area (Å²) in [6, 6.07) is 11.2. The van der Waals surface area contributed by atoms with Crippen LogP contribution in [0.1, 0.15) is 60.9 Å². The molecule has 4 amide bonds. The molecule has 0 aliphatic rings. The molecule has 256 valence electrons. The van der Waals surface area contributed by atoms with Crippen LogP contribution in [0.4, 0.5) is 0 Å². The Hall–Kier alpha value is -4.69. The first-order valence-electron chi connectivity index (χ1n) is 15.4. The maximum atomic E-state index is 13.6. The van der Waals surface area contributed by atoms with Crippen molar-refractivity contribution in [2.45, 2.75) is 69.5 Å². The molecule has 0 radical (unpaired) electrons. The summed E-state index contributed by atoms with van der Waals surface area (Å²) in [6.07, 6.45) is 3.67. The van der Waals surface area contributed by atoms with E-state index in [1.807, 2.05) is 0 Å². The van der Waals surface area contributed by atoms with E-state index in [9.17, 15) is 24.0 Å². The highest BCUT2D eigenvalue weighted by Gasteiger charge is 2.30. The average molecular weight is 673 g/mol. The number of esters is 1. The van der Waals surface area contributed by atoms with Gasteiger partial charge in [0.25, 0.3) is 0 Å². The van der Waals surface area contributed by atoms with E-state index in [2.05, 4.69) is 20.9 Å². The molecule has 0 saturated carbocycles. The lowest BCUT2D eigenvalue weighted by Crippen LogP contribution is -2.58. The third-order valence-electron chi connectivity index (χ3n) is 6.99. The molecule has 3 atom stereocenters. The van der Waals surface area contributed by atoms with Gasteiger partial charge in [0.2, 0.25) is 23.6 Å². The zero-order chi connectivity index (χ0) is 34.6. The zero-order valence-corrected chi connectivity index (χ0v) is 27.0. The van der Waals surface area contributed by atoms with Gasteiger partial charge in [0.15, 0.2) is 5.96 Å². The molecule has 47 heavy (non-hydrogen) atoms. The van der Waals surface area contributed by atoms with Crippen molar-refractivity contribution in [2.24, 2.45) is 27.9 Å². The molecule has 0 aliphatic carbocycles. The summed E-state index contributed by atoms with van der Waals surface area (Å²) in [5.74, 6) is -3.51. The number of primary amides is 1. The summed E-state index contributed by atoms with van der Waals surface area (Å²) in [5, 5.41) is 8.33. The molecule has 2 aromatic rings. The van der Waals surface area contributed by atoms with Gasteiger partial charge in [-0.2, -0.15) is 0 Å². The van der Waals surface area contributed by atoms with Crippen LogP contribution < -0.4 is 38.9 Å². The molecule has 11 N–H and O–H groups in total. The molecule has 0 spiro atoms. The largest absolute Gasteiger partial charge is 0.459 e. The Kier molecular flexibility index (Phi) is 17.3. The number of aliphatic imine (C=N–C) groups is 1. The number of nitrogens with one attached hydrogen (secondary N) is 3. The first-order chi connectivity index (χ1) is 22.5. The number of amides is 4. The smallest absolute Gasteiger partial charge is 0.338 e. The van der Waals surface area contributed by atoms with Gasteiger partial charge in [0.1, 0.15) is 24.7 Å². The zero-order valence-electron chi connectivity index (χ0n) is 26.3. The minimum absolute atomic E-state index is 0.000162. The Morgan fingerprint density at radius 1 is 0.766 bits per heavy atom. The van der Waals surface area contributed by atoms with Crippen LogP contribution >= 0.6 is 11.6 Å². The Morgan fingerprint density at radius 3 is 2.04 bits per heavy atom. The standard InChI is InChI=1S/C32H45ClN8O6/c33-23-15-13-21(14-16-23)19-25(29(44)40-24(28(35)43)11-8-18-38-32(36)37)41-30(45)26(39-27(42)12-6-1-2-7-17-34)20-47-31(46)22-9-4-3-5-10-22/h3-5,9-10,13-16,24-26H,1-2,6-8,11-12,17-20,34H2,(H2,35,43)(H,39,42)(H,40,44)(H,41,45)(H4,36,37,38)/t24-,25+,26-/m0/s1. The van der Waals surface area contributed by atoms with Gasteiger partial charge in [0.05, 0.1) is 5.56 Å². The lowest BCUT2D eigenvalue weighted by atomic mass is 10.0. The number of unbranched alkanes of at least 4 members (excludes halogenated alkanes) is 3. The maximum absolute atomic E-state index is 13.6. The normalized spacial score (nSPS) is 12.6. The van der Waals surface area contributed by atoms with Crippen molar-refractivity contribution in [1.29, 1.82) is 0 Å². The summed E-state index contributed by atoms with van der Waals surface area (Å²) >= 11 is 6.02. The van der Waals surface area contributed by atoms with E-state index in [1.165, 1.54) is 0 Å². The van der Waals surface area contributed by atoms with Crippen molar-refractivity contribution < 1.29 is 28.7 Å². The number of carbonyl (C=O) groups is 5. The number of hydrogen-bond acceptors (Lipinski definition) is 8. The number of nitrogens with two attached hydrogens (primary N) is 4. The van der Waals surface area contributed by atoms with E-state index >= 15 is 0 Å². The predicted molar refractivity (Wildman–Crippen MR) is 179 cm³/mol. The molecule has 0 unspecified atom stereocenters. The molecule has 0 fully saturated rings. The van der Waals surface area contributed by atoms with Crippen molar-refractivity contribution in [1.82, 2.24) is 16.0 Å². The van der Waals surface area contributed by atoms with Gasteiger partial charge >= 0.3 is 5.97 Å². The Morgan fingerprint density at radius 2 is 1.40 bits per heavy atom. The Balaban J connectivity index is 2.24. The summed E-state index contributed by atoms with van der Waals surface area (Å²) in [6.45, 7) is 0.273. The van der Waals surface area contributed by atoms with Crippen LogP contribution in [0.15, 0.2) is 59.6 Å². The van der Waals surface area contributed by atoms with Crippen molar-refractivity contribution in [3.63, 3.8) is 0 Å². The van der Waals surface area contributed by atoms with E-state index in [1.54, 1.807) is 54.6 Å². The van der Waals surface area contributed by atoms with E-state index in [4.69, 9.17) is 39.3 Å². The Labute approximate surface area is 279 Å². The van der Waals surface area contributed by atoms with Crippen LogP contribution in [0.2, 0.25) is 5.02 Å². The second-order valence-electron chi connectivity index (χ2n) is 10.8. The summed E-state index contributed by atoms with van der Waals surface area (Å²) in [4.78, 5) is 68.6. The third kappa shape index (κ3) is 15.4. The number of hydrogen-bond donors (Lipinski definition) is 7. The molecule has 2 rings (SSSR count). The number of rotatable bonds is 21. The molecule has 14 nitrogen and oxygen atoms in total. The monoisotopic (exact) mass is 672 g/mol. The number of guanidine groups is 1. The van der Waals surface area contributed by atoms with Gasteiger partial charge in [-0.05, 0) is 62.1 Å². The maximum Gasteiger partial charge on any atom is 0.338 e. The van der Waals surface area contributed by atoms with Gasteiger partial charge < -0.3 is 43.6 Å². The van der Waals surface area contributed by atoms with Crippen LogP contribution in [0.3, 0.4) is 0 Å².